The van der Waals surface area contributed by atoms with Crippen LogP contribution in [0.15, 0.2) is 24.3 Å². The average Bonchev–Trinajstić information content (AvgIpc) is 3.12. The minimum absolute atomic E-state index is 0.0790. The third-order valence-electron chi connectivity index (χ3n) is 5.42. The van der Waals surface area contributed by atoms with Crippen molar-refractivity contribution in [3.05, 3.63) is 35.6 Å². The number of carbonyl (C=O) groups excluding carboxylic acids is 2. The van der Waals surface area contributed by atoms with E-state index in [0.717, 1.165) is 0 Å². The van der Waals surface area contributed by atoms with Crippen LogP contribution in [0.4, 0.5) is 4.39 Å². The number of halogens is 1. The molecule has 2 aliphatic rings. The van der Waals surface area contributed by atoms with Gasteiger partial charge in [0.05, 0.1) is 0 Å². The zero-order chi connectivity index (χ0) is 17.5. The van der Waals surface area contributed by atoms with Crippen LogP contribution in [0.2, 0.25) is 0 Å². The molecule has 0 saturated carbocycles. The van der Waals surface area contributed by atoms with E-state index in [-0.39, 0.29) is 17.4 Å². The quantitative estimate of drug-likeness (QED) is 0.844. The highest BCUT2D eigenvalue weighted by molar-refractivity contribution is 5.86. The van der Waals surface area contributed by atoms with E-state index in [4.69, 9.17) is 4.74 Å². The Morgan fingerprint density at radius 2 is 1.67 bits per heavy atom. The Morgan fingerprint density at radius 3 is 2.17 bits per heavy atom. The van der Waals surface area contributed by atoms with Gasteiger partial charge in [-0.3, -0.25) is 9.59 Å². The topological polar surface area (TPSA) is 49.9 Å². The largest absolute Gasteiger partial charge is 0.364 e. The number of hydrogen-bond acceptors (Lipinski definition) is 3. The van der Waals surface area contributed by atoms with Gasteiger partial charge in [0, 0.05) is 57.6 Å². The first kappa shape index (κ1) is 16.9. The SMILES string of the molecule is COC(C)(C(=O)N1C[C@H]2CN(C(C)=O)C[C@H]2C1)c1ccccc1F. The lowest BCUT2D eigenvalue weighted by Gasteiger charge is -2.32. The number of rotatable bonds is 3. The van der Waals surface area contributed by atoms with Gasteiger partial charge in [0.25, 0.3) is 5.91 Å². The number of benzene rings is 1. The van der Waals surface area contributed by atoms with Crippen molar-refractivity contribution in [2.45, 2.75) is 19.4 Å². The molecule has 1 aromatic rings. The number of amides is 2. The molecule has 0 bridgehead atoms. The van der Waals surface area contributed by atoms with E-state index in [0.29, 0.717) is 38.0 Å². The van der Waals surface area contributed by atoms with Gasteiger partial charge in [0.1, 0.15) is 5.82 Å². The molecule has 1 aromatic carbocycles. The van der Waals surface area contributed by atoms with E-state index in [1.54, 1.807) is 36.9 Å². The second-order valence-corrected chi connectivity index (χ2v) is 6.87. The van der Waals surface area contributed by atoms with Crippen LogP contribution in [-0.4, -0.2) is 54.9 Å². The predicted molar refractivity (Wildman–Crippen MR) is 86.6 cm³/mol. The number of fused-ring (bicyclic) bond motifs is 1. The Morgan fingerprint density at radius 1 is 1.12 bits per heavy atom. The molecule has 130 valence electrons. The van der Waals surface area contributed by atoms with Gasteiger partial charge in [-0.25, -0.2) is 4.39 Å². The molecule has 6 heteroatoms. The Hall–Kier alpha value is -1.95. The van der Waals surface area contributed by atoms with Crippen LogP contribution < -0.4 is 0 Å². The second kappa shape index (κ2) is 6.16. The van der Waals surface area contributed by atoms with E-state index in [9.17, 15) is 14.0 Å². The molecule has 2 fully saturated rings. The Labute approximate surface area is 141 Å². The van der Waals surface area contributed by atoms with Crippen LogP contribution in [0.1, 0.15) is 19.4 Å². The van der Waals surface area contributed by atoms with Gasteiger partial charge in [-0.15, -0.1) is 0 Å². The molecule has 24 heavy (non-hydrogen) atoms. The second-order valence-electron chi connectivity index (χ2n) is 6.87. The lowest BCUT2D eigenvalue weighted by atomic mass is 9.93. The Balaban J connectivity index is 1.78. The first-order valence-corrected chi connectivity index (χ1v) is 8.22. The highest BCUT2D eigenvalue weighted by Gasteiger charge is 2.47. The maximum atomic E-state index is 14.2. The Kier molecular flexibility index (Phi) is 4.34. The fourth-order valence-corrected chi connectivity index (χ4v) is 3.88. The number of nitrogens with zero attached hydrogens (tertiary/aromatic N) is 2. The summed E-state index contributed by atoms with van der Waals surface area (Å²) in [4.78, 5) is 28.1. The number of likely N-dealkylation sites (tertiary alicyclic amines) is 2. The summed E-state index contributed by atoms with van der Waals surface area (Å²) < 4.78 is 19.7. The van der Waals surface area contributed by atoms with Crippen molar-refractivity contribution < 1.29 is 18.7 Å². The van der Waals surface area contributed by atoms with Crippen LogP contribution in [0.25, 0.3) is 0 Å². The number of hydrogen-bond donors (Lipinski definition) is 0. The van der Waals surface area contributed by atoms with Crippen molar-refractivity contribution in [3.63, 3.8) is 0 Å². The molecule has 2 amide bonds. The summed E-state index contributed by atoms with van der Waals surface area (Å²) in [6.45, 7) is 5.73. The van der Waals surface area contributed by atoms with E-state index < -0.39 is 11.4 Å². The minimum atomic E-state index is -1.34. The van der Waals surface area contributed by atoms with Gasteiger partial charge in [-0.2, -0.15) is 0 Å². The van der Waals surface area contributed by atoms with Crippen LogP contribution in [0.3, 0.4) is 0 Å². The molecule has 0 N–H and O–H groups in total. The third kappa shape index (κ3) is 2.69. The van der Waals surface area contributed by atoms with Crippen LogP contribution >= 0.6 is 0 Å². The first-order valence-electron chi connectivity index (χ1n) is 8.22. The summed E-state index contributed by atoms with van der Waals surface area (Å²) in [6.07, 6.45) is 0. The summed E-state index contributed by atoms with van der Waals surface area (Å²) in [5.41, 5.74) is -1.09. The lowest BCUT2D eigenvalue weighted by molar-refractivity contribution is -0.154. The summed E-state index contributed by atoms with van der Waals surface area (Å²) in [7, 11) is 1.43. The van der Waals surface area contributed by atoms with E-state index in [1.807, 2.05) is 4.90 Å². The van der Waals surface area contributed by atoms with Crippen molar-refractivity contribution >= 4 is 11.8 Å². The summed E-state index contributed by atoms with van der Waals surface area (Å²) in [5.74, 6) is -0.00858. The molecule has 3 rings (SSSR count). The smallest absolute Gasteiger partial charge is 0.259 e. The van der Waals surface area contributed by atoms with Crippen molar-refractivity contribution in [2.24, 2.45) is 11.8 Å². The fraction of sp³-hybridized carbons (Fsp3) is 0.556. The van der Waals surface area contributed by atoms with Crippen LogP contribution in [0.5, 0.6) is 0 Å². The van der Waals surface area contributed by atoms with Crippen LogP contribution in [0, 0.1) is 17.7 Å². The normalized spacial score (nSPS) is 25.5. The van der Waals surface area contributed by atoms with Crippen LogP contribution in [-0.2, 0) is 19.9 Å². The van der Waals surface area contributed by atoms with E-state index in [1.165, 1.54) is 13.2 Å². The third-order valence-corrected chi connectivity index (χ3v) is 5.42. The van der Waals surface area contributed by atoms with Crippen molar-refractivity contribution in [2.75, 3.05) is 33.3 Å². The average molecular weight is 334 g/mol. The van der Waals surface area contributed by atoms with Crippen molar-refractivity contribution in [1.29, 1.82) is 0 Å². The van der Waals surface area contributed by atoms with Gasteiger partial charge >= 0.3 is 0 Å². The molecule has 0 aromatic heterocycles. The number of methoxy groups -OCH3 is 1. The molecule has 3 atom stereocenters. The van der Waals surface area contributed by atoms with Crippen molar-refractivity contribution in [3.8, 4) is 0 Å². The minimum Gasteiger partial charge on any atom is -0.364 e. The standard InChI is InChI=1S/C18H23FN2O3/c1-12(22)20-8-13-10-21(11-14(13)9-20)17(23)18(2,24-3)15-6-4-5-7-16(15)19/h4-7,13-14H,8-11H2,1-3H3/t13-,14+,18?. The van der Waals surface area contributed by atoms with Gasteiger partial charge in [0.2, 0.25) is 5.91 Å². The Bertz CT molecular complexity index is 651. The number of carbonyl (C=O) groups is 2. The number of ether oxygens (including phenoxy) is 1. The molecule has 2 aliphatic heterocycles. The molecular weight excluding hydrogens is 311 g/mol. The van der Waals surface area contributed by atoms with Gasteiger partial charge < -0.3 is 14.5 Å². The summed E-state index contributed by atoms with van der Waals surface area (Å²) in [5, 5.41) is 0. The van der Waals surface area contributed by atoms with Gasteiger partial charge in [0.15, 0.2) is 5.60 Å². The maximum Gasteiger partial charge on any atom is 0.259 e. The van der Waals surface area contributed by atoms with Gasteiger partial charge in [-0.05, 0) is 13.0 Å². The molecule has 1 unspecified atom stereocenters. The molecular formula is C18H23FN2O3. The summed E-state index contributed by atoms with van der Waals surface area (Å²) in [6, 6.07) is 6.22. The summed E-state index contributed by atoms with van der Waals surface area (Å²) >= 11 is 0. The van der Waals surface area contributed by atoms with E-state index >= 15 is 0 Å². The molecule has 2 heterocycles. The van der Waals surface area contributed by atoms with Crippen molar-refractivity contribution in [1.82, 2.24) is 9.80 Å². The highest BCUT2D eigenvalue weighted by atomic mass is 19.1. The molecule has 2 saturated heterocycles. The first-order chi connectivity index (χ1) is 11.4. The molecule has 0 aliphatic carbocycles. The molecule has 0 spiro atoms. The zero-order valence-corrected chi connectivity index (χ0v) is 14.3. The lowest BCUT2D eigenvalue weighted by Crippen LogP contribution is -2.47. The molecule has 0 radical (unpaired) electrons. The van der Waals surface area contributed by atoms with Gasteiger partial charge in [-0.1, -0.05) is 18.2 Å². The highest BCUT2D eigenvalue weighted by Crippen LogP contribution is 2.36. The van der Waals surface area contributed by atoms with E-state index in [2.05, 4.69) is 0 Å². The molecule has 5 nitrogen and oxygen atoms in total. The zero-order valence-electron chi connectivity index (χ0n) is 14.3. The fourth-order valence-electron chi connectivity index (χ4n) is 3.88. The predicted octanol–water partition coefficient (Wildman–Crippen LogP) is 1.62. The monoisotopic (exact) mass is 334 g/mol. The maximum absolute atomic E-state index is 14.2.